The molecule has 0 saturated carbocycles. The van der Waals surface area contributed by atoms with Gasteiger partial charge in [-0.3, -0.25) is 0 Å². The predicted octanol–water partition coefficient (Wildman–Crippen LogP) is 4.24. The van der Waals surface area contributed by atoms with Crippen LogP contribution in [0.2, 0.25) is 0 Å². The highest BCUT2D eigenvalue weighted by Gasteiger charge is 2.12. The molecule has 0 fully saturated rings. The van der Waals surface area contributed by atoms with Crippen LogP contribution in [0.3, 0.4) is 0 Å². The van der Waals surface area contributed by atoms with Gasteiger partial charge in [-0.25, -0.2) is 9.78 Å². The molecule has 0 aliphatic carbocycles. The van der Waals surface area contributed by atoms with Crippen LogP contribution >= 0.6 is 11.8 Å². The number of amides is 2. The second-order valence-corrected chi connectivity index (χ2v) is 7.18. The number of nitrogens with one attached hydrogen (secondary N) is 2. The number of nitrogens with zero attached hydrogens (tertiary/aromatic N) is 4. The summed E-state index contributed by atoms with van der Waals surface area (Å²) in [6, 6.07) is 16.3. The molecule has 0 atom stereocenters. The number of carbonyl (C=O) groups excluding carboxylic acids is 1. The van der Waals surface area contributed by atoms with Crippen molar-refractivity contribution in [3.63, 3.8) is 0 Å². The average molecular weight is 406 g/mol. The number of ether oxygens (including phenoxy) is 1. The molecular formula is C20H18N6O2S. The second-order valence-electron chi connectivity index (χ2n) is 6.11. The molecule has 0 aliphatic rings. The monoisotopic (exact) mass is 406 g/mol. The molecule has 8 nitrogen and oxygen atoms in total. The number of para-hydroxylation sites is 1. The number of benzene rings is 2. The molecule has 9 heteroatoms. The van der Waals surface area contributed by atoms with E-state index in [0.717, 1.165) is 21.4 Å². The first-order valence-electron chi connectivity index (χ1n) is 8.79. The molecule has 4 aromatic rings. The van der Waals surface area contributed by atoms with Gasteiger partial charge in [0.2, 0.25) is 0 Å². The molecule has 0 saturated heterocycles. The first-order valence-corrected chi connectivity index (χ1v) is 9.60. The molecule has 2 N–H and O–H groups in total. The molecule has 0 radical (unpaired) electrons. The normalized spacial score (nSPS) is 10.7. The van der Waals surface area contributed by atoms with Crippen molar-refractivity contribution in [3.8, 4) is 5.75 Å². The number of hydrogen-bond donors (Lipinski definition) is 2. The fourth-order valence-electron chi connectivity index (χ4n) is 2.70. The summed E-state index contributed by atoms with van der Waals surface area (Å²) in [5.74, 6) is 1.26. The zero-order chi connectivity index (χ0) is 20.2. The van der Waals surface area contributed by atoms with Crippen LogP contribution in [0.5, 0.6) is 5.75 Å². The van der Waals surface area contributed by atoms with Crippen molar-refractivity contribution in [1.29, 1.82) is 0 Å². The molecule has 2 amide bonds. The quantitative estimate of drug-likeness (QED) is 0.482. The fraction of sp³-hybridized carbons (Fsp3) is 0.100. The minimum absolute atomic E-state index is 0.333. The number of methoxy groups -OCH3 is 1. The van der Waals surface area contributed by atoms with Gasteiger partial charge in [0.05, 0.1) is 12.8 Å². The van der Waals surface area contributed by atoms with Crippen molar-refractivity contribution in [3.05, 3.63) is 66.6 Å². The smallest absolute Gasteiger partial charge is 0.323 e. The maximum absolute atomic E-state index is 12.5. The van der Waals surface area contributed by atoms with Crippen LogP contribution in [-0.2, 0) is 0 Å². The number of carbonyl (C=O) groups is 1. The lowest BCUT2D eigenvalue weighted by molar-refractivity contribution is 0.262. The molecular weight excluding hydrogens is 388 g/mol. The minimum atomic E-state index is -0.333. The van der Waals surface area contributed by atoms with Crippen LogP contribution in [0.4, 0.5) is 16.2 Å². The Balaban J connectivity index is 1.53. The molecule has 0 bridgehead atoms. The van der Waals surface area contributed by atoms with Crippen molar-refractivity contribution in [2.45, 2.75) is 16.8 Å². The topological polar surface area (TPSA) is 93.4 Å². The maximum atomic E-state index is 12.5. The highest BCUT2D eigenvalue weighted by Crippen LogP contribution is 2.33. The van der Waals surface area contributed by atoms with Crippen LogP contribution in [-0.4, -0.2) is 32.7 Å². The number of aryl methyl sites for hydroxylation is 1. The van der Waals surface area contributed by atoms with E-state index in [9.17, 15) is 4.79 Å². The summed E-state index contributed by atoms with van der Waals surface area (Å²) in [6.45, 7) is 1.91. The maximum Gasteiger partial charge on any atom is 0.323 e. The Morgan fingerprint density at radius 2 is 1.90 bits per heavy atom. The summed E-state index contributed by atoms with van der Waals surface area (Å²) in [7, 11) is 1.60. The molecule has 2 aromatic carbocycles. The summed E-state index contributed by atoms with van der Waals surface area (Å²) in [5.41, 5.74) is 2.20. The lowest BCUT2D eigenvalue weighted by Crippen LogP contribution is -2.19. The molecule has 2 aromatic heterocycles. The predicted molar refractivity (Wildman–Crippen MR) is 112 cm³/mol. The van der Waals surface area contributed by atoms with Gasteiger partial charge in [0.15, 0.2) is 0 Å². The van der Waals surface area contributed by atoms with Crippen molar-refractivity contribution in [1.82, 2.24) is 19.6 Å². The Labute approximate surface area is 171 Å². The van der Waals surface area contributed by atoms with Crippen LogP contribution in [0.15, 0.2) is 70.8 Å². The third-order valence-corrected chi connectivity index (χ3v) is 5.12. The third-order valence-electron chi connectivity index (χ3n) is 4.04. The molecule has 0 spiro atoms. The van der Waals surface area contributed by atoms with Crippen molar-refractivity contribution in [2.24, 2.45) is 0 Å². The van der Waals surface area contributed by atoms with E-state index in [1.165, 1.54) is 18.1 Å². The summed E-state index contributed by atoms with van der Waals surface area (Å²) in [6.07, 6.45) is 1.47. The van der Waals surface area contributed by atoms with Gasteiger partial charge in [-0.2, -0.15) is 14.6 Å². The number of aromatic nitrogens is 4. The molecule has 0 unspecified atom stereocenters. The molecule has 4 rings (SSSR count). The Hall–Kier alpha value is -3.59. The summed E-state index contributed by atoms with van der Waals surface area (Å²) in [5, 5.41) is 10.8. The first kappa shape index (κ1) is 18.8. The van der Waals surface area contributed by atoms with Gasteiger partial charge >= 0.3 is 6.03 Å². The third kappa shape index (κ3) is 4.30. The molecule has 2 heterocycles. The van der Waals surface area contributed by atoms with Crippen LogP contribution in [0.1, 0.15) is 5.69 Å². The number of fused-ring (bicyclic) bond motifs is 1. The van der Waals surface area contributed by atoms with Crippen molar-refractivity contribution >= 4 is 34.9 Å². The Morgan fingerprint density at radius 3 is 2.69 bits per heavy atom. The Morgan fingerprint density at radius 1 is 1.10 bits per heavy atom. The van der Waals surface area contributed by atoms with E-state index in [-0.39, 0.29) is 6.03 Å². The van der Waals surface area contributed by atoms with E-state index in [4.69, 9.17) is 4.74 Å². The number of urea groups is 1. The van der Waals surface area contributed by atoms with E-state index in [0.29, 0.717) is 17.2 Å². The van der Waals surface area contributed by atoms with E-state index in [2.05, 4.69) is 25.7 Å². The van der Waals surface area contributed by atoms with E-state index in [1.54, 1.807) is 35.9 Å². The summed E-state index contributed by atoms with van der Waals surface area (Å²) < 4.78 is 6.80. The van der Waals surface area contributed by atoms with Gasteiger partial charge in [-0.1, -0.05) is 23.9 Å². The largest absolute Gasteiger partial charge is 0.497 e. The minimum Gasteiger partial charge on any atom is -0.497 e. The summed E-state index contributed by atoms with van der Waals surface area (Å²) >= 11 is 1.48. The SMILES string of the molecule is COc1ccc(NC(=O)Nc2ccccc2Sc2cc(C)nc3ncnn23)cc1. The second kappa shape index (κ2) is 8.19. The number of rotatable bonds is 5. The van der Waals surface area contributed by atoms with Gasteiger partial charge in [0, 0.05) is 16.3 Å². The fourth-order valence-corrected chi connectivity index (χ4v) is 3.75. The van der Waals surface area contributed by atoms with Gasteiger partial charge in [-0.15, -0.1) is 0 Å². The Kier molecular flexibility index (Phi) is 5.30. The highest BCUT2D eigenvalue weighted by molar-refractivity contribution is 7.99. The number of hydrogen-bond acceptors (Lipinski definition) is 6. The zero-order valence-corrected chi connectivity index (χ0v) is 16.6. The average Bonchev–Trinajstić information content (AvgIpc) is 3.18. The van der Waals surface area contributed by atoms with Gasteiger partial charge in [0.25, 0.3) is 5.78 Å². The van der Waals surface area contributed by atoms with Gasteiger partial charge in [0.1, 0.15) is 17.1 Å². The Bertz CT molecular complexity index is 1160. The van der Waals surface area contributed by atoms with E-state index >= 15 is 0 Å². The van der Waals surface area contributed by atoms with Gasteiger partial charge in [-0.05, 0) is 49.4 Å². The molecule has 29 heavy (non-hydrogen) atoms. The van der Waals surface area contributed by atoms with Crippen LogP contribution < -0.4 is 15.4 Å². The lowest BCUT2D eigenvalue weighted by Gasteiger charge is -2.12. The van der Waals surface area contributed by atoms with Crippen LogP contribution in [0, 0.1) is 6.92 Å². The zero-order valence-electron chi connectivity index (χ0n) is 15.8. The van der Waals surface area contributed by atoms with Gasteiger partial charge < -0.3 is 15.4 Å². The summed E-state index contributed by atoms with van der Waals surface area (Å²) in [4.78, 5) is 21.8. The first-order chi connectivity index (χ1) is 14.1. The number of anilines is 2. The standard InChI is InChI=1S/C20H18N6O2S/c1-13-11-18(26-19(23-13)21-12-22-26)29-17-6-4-3-5-16(17)25-20(27)24-14-7-9-15(28-2)10-8-14/h3-12H,1-2H3,(H2,24,25,27). The van der Waals surface area contributed by atoms with E-state index in [1.807, 2.05) is 37.3 Å². The lowest BCUT2D eigenvalue weighted by atomic mass is 10.3. The highest BCUT2D eigenvalue weighted by atomic mass is 32.2. The molecule has 146 valence electrons. The molecule has 0 aliphatic heterocycles. The van der Waals surface area contributed by atoms with E-state index < -0.39 is 0 Å². The van der Waals surface area contributed by atoms with Crippen molar-refractivity contribution < 1.29 is 9.53 Å². The van der Waals surface area contributed by atoms with Crippen molar-refractivity contribution in [2.75, 3.05) is 17.7 Å². The van der Waals surface area contributed by atoms with Crippen LogP contribution in [0.25, 0.3) is 5.78 Å².